The monoisotopic (exact) mass is 366 g/mol. The molecule has 140 valence electrons. The van der Waals surface area contributed by atoms with Gasteiger partial charge in [-0.3, -0.25) is 10.1 Å². The van der Waals surface area contributed by atoms with E-state index in [4.69, 9.17) is 15.9 Å². The van der Waals surface area contributed by atoms with Crippen molar-refractivity contribution in [2.24, 2.45) is 0 Å². The van der Waals surface area contributed by atoms with E-state index in [2.05, 4.69) is 16.6 Å². The highest BCUT2D eigenvalue weighted by molar-refractivity contribution is 6.02. The van der Waals surface area contributed by atoms with Gasteiger partial charge in [0.05, 0.1) is 20.8 Å². The molecule has 0 radical (unpaired) electrons. The lowest BCUT2D eigenvalue weighted by molar-refractivity contribution is -0.111. The first-order valence-electron chi connectivity index (χ1n) is 8.24. The van der Waals surface area contributed by atoms with E-state index >= 15 is 0 Å². The molecular formula is C21H22N2O4. The summed E-state index contributed by atoms with van der Waals surface area (Å²) in [6.07, 6.45) is 7.27. The van der Waals surface area contributed by atoms with Gasteiger partial charge in [0, 0.05) is 17.3 Å². The second-order valence-electron chi connectivity index (χ2n) is 5.51. The molecule has 6 heteroatoms. The Morgan fingerprint density at radius 1 is 1.22 bits per heavy atom. The van der Waals surface area contributed by atoms with Gasteiger partial charge in [-0.1, -0.05) is 30.2 Å². The number of benzene rings is 2. The number of para-hydroxylation sites is 1. The van der Waals surface area contributed by atoms with Gasteiger partial charge in [0.15, 0.2) is 11.5 Å². The molecule has 1 atom stereocenters. The molecule has 0 fully saturated rings. The molecule has 0 aliphatic heterocycles. The fourth-order valence-corrected chi connectivity index (χ4v) is 2.42. The standard InChI is InChI=1S/C21H22N2O4/c1-4-13-22-21(25)16-7-5-6-8-17(16)23-20(24)12-10-15-9-11-18(26-2)19(14-15)27-3/h1,5-12,14,21-22,25H,13H2,2-3H3,(H,23,24). The number of carbonyl (C=O) groups is 1. The number of hydrogen-bond donors (Lipinski definition) is 3. The van der Waals surface area contributed by atoms with Crippen LogP contribution in [0.2, 0.25) is 0 Å². The van der Waals surface area contributed by atoms with Crippen molar-refractivity contribution >= 4 is 17.7 Å². The SMILES string of the molecule is C#CCNC(O)c1ccccc1NC(=O)C=Cc1ccc(OC)c(OC)c1. The second-order valence-corrected chi connectivity index (χ2v) is 5.51. The second kappa shape index (κ2) is 10.0. The van der Waals surface area contributed by atoms with Crippen molar-refractivity contribution in [3.63, 3.8) is 0 Å². The molecule has 0 aromatic heterocycles. The molecule has 27 heavy (non-hydrogen) atoms. The maximum absolute atomic E-state index is 12.3. The largest absolute Gasteiger partial charge is 0.493 e. The van der Waals surface area contributed by atoms with Crippen molar-refractivity contribution in [3.05, 3.63) is 59.7 Å². The summed E-state index contributed by atoms with van der Waals surface area (Å²) in [5.74, 6) is 3.25. The van der Waals surface area contributed by atoms with Crippen LogP contribution in [0.15, 0.2) is 48.5 Å². The summed E-state index contributed by atoms with van der Waals surface area (Å²) in [5, 5.41) is 15.7. The van der Waals surface area contributed by atoms with Crippen molar-refractivity contribution in [2.45, 2.75) is 6.23 Å². The van der Waals surface area contributed by atoms with Crippen molar-refractivity contribution in [2.75, 3.05) is 26.1 Å². The van der Waals surface area contributed by atoms with Crippen LogP contribution >= 0.6 is 0 Å². The van der Waals surface area contributed by atoms with Crippen LogP contribution < -0.4 is 20.1 Å². The number of aliphatic hydroxyl groups excluding tert-OH is 1. The fraction of sp³-hybridized carbons (Fsp3) is 0.190. The van der Waals surface area contributed by atoms with Gasteiger partial charge in [-0.05, 0) is 29.8 Å². The molecule has 0 bridgehead atoms. The fourth-order valence-electron chi connectivity index (χ4n) is 2.42. The molecule has 1 unspecified atom stereocenters. The first-order chi connectivity index (χ1) is 13.1. The summed E-state index contributed by atoms with van der Waals surface area (Å²) < 4.78 is 10.4. The maximum Gasteiger partial charge on any atom is 0.248 e. The quantitative estimate of drug-likeness (QED) is 0.380. The zero-order valence-corrected chi connectivity index (χ0v) is 15.2. The van der Waals surface area contributed by atoms with E-state index < -0.39 is 6.23 Å². The van der Waals surface area contributed by atoms with Crippen LogP contribution in [0.1, 0.15) is 17.4 Å². The molecule has 1 amide bonds. The minimum atomic E-state index is -0.979. The molecule has 0 aliphatic rings. The Bertz CT molecular complexity index is 856. The van der Waals surface area contributed by atoms with Crippen molar-refractivity contribution < 1.29 is 19.4 Å². The highest BCUT2D eigenvalue weighted by atomic mass is 16.5. The average molecular weight is 366 g/mol. The molecule has 0 aliphatic carbocycles. The summed E-state index contributed by atoms with van der Waals surface area (Å²) in [6, 6.07) is 12.3. The third-order valence-corrected chi connectivity index (χ3v) is 3.75. The summed E-state index contributed by atoms with van der Waals surface area (Å²) in [4.78, 5) is 12.3. The topological polar surface area (TPSA) is 79.8 Å². The molecule has 2 rings (SSSR count). The Morgan fingerprint density at radius 3 is 2.67 bits per heavy atom. The molecular weight excluding hydrogens is 344 g/mol. The van der Waals surface area contributed by atoms with E-state index in [-0.39, 0.29) is 12.5 Å². The third kappa shape index (κ3) is 5.61. The predicted molar refractivity (Wildman–Crippen MR) is 105 cm³/mol. The van der Waals surface area contributed by atoms with Gasteiger partial charge in [-0.15, -0.1) is 6.42 Å². The number of terminal acetylenes is 1. The smallest absolute Gasteiger partial charge is 0.248 e. The van der Waals surface area contributed by atoms with Crippen LogP contribution in [0, 0.1) is 12.3 Å². The van der Waals surface area contributed by atoms with E-state index in [1.54, 1.807) is 56.7 Å². The molecule has 0 saturated heterocycles. The molecule has 0 saturated carbocycles. The van der Waals surface area contributed by atoms with Crippen molar-refractivity contribution in [1.82, 2.24) is 5.32 Å². The first-order valence-corrected chi connectivity index (χ1v) is 8.24. The number of methoxy groups -OCH3 is 2. The number of hydrogen-bond acceptors (Lipinski definition) is 5. The number of anilines is 1. The Kier molecular flexibility index (Phi) is 7.44. The van der Waals surface area contributed by atoms with Crippen molar-refractivity contribution in [3.8, 4) is 23.8 Å². The predicted octanol–water partition coefficient (Wildman–Crippen LogP) is 2.57. The van der Waals surface area contributed by atoms with Crippen molar-refractivity contribution in [1.29, 1.82) is 0 Å². The Hall–Kier alpha value is -3.27. The van der Waals surface area contributed by atoms with E-state index in [1.807, 2.05) is 6.07 Å². The minimum absolute atomic E-state index is 0.211. The lowest BCUT2D eigenvalue weighted by Gasteiger charge is -2.15. The zero-order valence-electron chi connectivity index (χ0n) is 15.2. The maximum atomic E-state index is 12.3. The number of aliphatic hydroxyl groups is 1. The van der Waals surface area contributed by atoms with E-state index in [9.17, 15) is 9.90 Å². The minimum Gasteiger partial charge on any atom is -0.493 e. The van der Waals surface area contributed by atoms with Gasteiger partial charge in [0.2, 0.25) is 5.91 Å². The zero-order chi connectivity index (χ0) is 19.6. The van der Waals surface area contributed by atoms with E-state index in [0.717, 1.165) is 5.56 Å². The van der Waals surface area contributed by atoms with Crippen LogP contribution in [0.4, 0.5) is 5.69 Å². The molecule has 2 aromatic rings. The van der Waals surface area contributed by atoms with Crippen LogP contribution in [0.3, 0.4) is 0 Å². The number of rotatable bonds is 8. The lowest BCUT2D eigenvalue weighted by Crippen LogP contribution is -2.22. The number of carbonyl (C=O) groups excluding carboxylic acids is 1. The van der Waals surface area contributed by atoms with Gasteiger partial charge in [-0.2, -0.15) is 0 Å². The van der Waals surface area contributed by atoms with E-state index in [0.29, 0.717) is 22.7 Å². The third-order valence-electron chi connectivity index (χ3n) is 3.75. The van der Waals surface area contributed by atoms with Gasteiger partial charge in [0.1, 0.15) is 6.23 Å². The van der Waals surface area contributed by atoms with Gasteiger partial charge >= 0.3 is 0 Å². The summed E-state index contributed by atoms with van der Waals surface area (Å²) in [7, 11) is 3.11. The Labute approximate surface area is 158 Å². The van der Waals surface area contributed by atoms with Gasteiger partial charge in [0.25, 0.3) is 0 Å². The van der Waals surface area contributed by atoms with Crippen LogP contribution in [0.5, 0.6) is 11.5 Å². The number of nitrogens with one attached hydrogen (secondary N) is 2. The number of ether oxygens (including phenoxy) is 2. The van der Waals surface area contributed by atoms with E-state index in [1.165, 1.54) is 6.08 Å². The lowest BCUT2D eigenvalue weighted by atomic mass is 10.1. The normalized spacial score (nSPS) is 11.6. The molecule has 3 N–H and O–H groups in total. The Balaban J connectivity index is 2.10. The van der Waals surface area contributed by atoms with Crippen LogP contribution in [-0.4, -0.2) is 31.8 Å². The molecule has 0 spiro atoms. The Morgan fingerprint density at radius 2 is 1.96 bits per heavy atom. The van der Waals surface area contributed by atoms with Gasteiger partial charge < -0.3 is 19.9 Å². The summed E-state index contributed by atoms with van der Waals surface area (Å²) in [5.41, 5.74) is 1.81. The summed E-state index contributed by atoms with van der Waals surface area (Å²) in [6.45, 7) is 0.211. The molecule has 2 aromatic carbocycles. The molecule has 6 nitrogen and oxygen atoms in total. The van der Waals surface area contributed by atoms with Crippen LogP contribution in [0.25, 0.3) is 6.08 Å². The highest BCUT2D eigenvalue weighted by Gasteiger charge is 2.12. The van der Waals surface area contributed by atoms with Crippen LogP contribution in [-0.2, 0) is 4.79 Å². The molecule has 0 heterocycles. The highest BCUT2D eigenvalue weighted by Crippen LogP contribution is 2.28. The van der Waals surface area contributed by atoms with Gasteiger partial charge in [-0.25, -0.2) is 0 Å². The summed E-state index contributed by atoms with van der Waals surface area (Å²) >= 11 is 0. The first kappa shape index (κ1) is 20.0. The average Bonchev–Trinajstić information content (AvgIpc) is 2.70. The number of amides is 1.